The van der Waals surface area contributed by atoms with Crippen LogP contribution in [-0.4, -0.2) is 135 Å². The zero-order chi connectivity index (χ0) is 42.8. The number of aliphatic hydroxyl groups is 2. The third-order valence-corrected chi connectivity index (χ3v) is 11.7. The van der Waals surface area contributed by atoms with Crippen molar-refractivity contribution >= 4 is 74.9 Å². The van der Waals surface area contributed by atoms with Crippen molar-refractivity contribution in [3.63, 3.8) is 0 Å². The Hall–Kier alpha value is -2.81. The van der Waals surface area contributed by atoms with Crippen LogP contribution in [0.1, 0.15) is 45.8 Å². The number of ketones is 1. The van der Waals surface area contributed by atoms with E-state index in [1.807, 2.05) is 0 Å². The molecular formula is C27H45N8O18P3S. The van der Waals surface area contributed by atoms with Gasteiger partial charge in [-0.25, -0.2) is 28.6 Å². The van der Waals surface area contributed by atoms with Gasteiger partial charge >= 0.3 is 23.5 Å². The lowest BCUT2D eigenvalue weighted by Crippen LogP contribution is -2.46. The van der Waals surface area contributed by atoms with Crippen molar-refractivity contribution in [2.24, 2.45) is 11.1 Å². The van der Waals surface area contributed by atoms with E-state index in [-0.39, 0.29) is 66.0 Å². The third kappa shape index (κ3) is 15.4. The molecule has 0 spiro atoms. The number of aromatic nitrogens is 4. The molecule has 26 nitrogen and oxygen atoms in total. The minimum atomic E-state index is -5.58. The van der Waals surface area contributed by atoms with E-state index in [0.29, 0.717) is 13.0 Å². The van der Waals surface area contributed by atoms with Crippen molar-refractivity contribution < 1.29 is 85.3 Å². The number of thioether (sulfide) groups is 1. The number of nitrogens with one attached hydrogen (secondary N) is 2. The van der Waals surface area contributed by atoms with Gasteiger partial charge in [0.2, 0.25) is 11.8 Å². The summed E-state index contributed by atoms with van der Waals surface area (Å²) < 4.78 is 62.0. The fourth-order valence-corrected chi connectivity index (χ4v) is 8.42. The zero-order valence-electron chi connectivity index (χ0n) is 30.4. The van der Waals surface area contributed by atoms with Gasteiger partial charge in [0.15, 0.2) is 22.8 Å². The molecule has 12 N–H and O–H groups in total. The lowest BCUT2D eigenvalue weighted by Gasteiger charge is -2.30. The first-order valence-corrected chi connectivity index (χ1v) is 22.2. The average Bonchev–Trinajstić information content (AvgIpc) is 3.67. The van der Waals surface area contributed by atoms with Gasteiger partial charge in [-0.15, -0.1) is 0 Å². The molecule has 1 saturated heterocycles. The molecule has 30 heteroatoms. The Morgan fingerprint density at radius 3 is 2.39 bits per heavy atom. The number of hydrogen-bond donors (Lipinski definition) is 10. The standard InChI is InChI=1S/C27H45N8O18P3S/c1-27(2,22(40)25(41)31-7-5-17(37)30-8-9-57-18(38)10-15(36)4-3-6-28)12-50-56(47,48)53-55(45,46)49-11-16-21(52-54(42,43)44)20(39)26(51-16)35-14-34-19-23(29)32-13-33-24(19)35/h13-14,16,20-22,26,39-40H,3-12,28H2,1-2H3,(H,30,37)(H,31,41)(H,45,46)(H,47,48)(H2,29,32,33)(H2,42,43,44)/t16-,20-,21-,22?,26-/m1/s1. The number of nitrogens with two attached hydrogens (primary N) is 2. The number of carbonyl (C=O) groups is 4. The maximum absolute atomic E-state index is 12.7. The van der Waals surface area contributed by atoms with Crippen LogP contribution in [0.4, 0.5) is 5.82 Å². The predicted octanol–water partition coefficient (Wildman–Crippen LogP) is -1.64. The summed E-state index contributed by atoms with van der Waals surface area (Å²) in [4.78, 5) is 99.0. The first kappa shape index (κ1) is 48.6. The number of Topliss-reactive ketones (excluding diaryl/α,β-unsaturated/α-hetero) is 1. The Kier molecular flexibility index (Phi) is 17.8. The summed E-state index contributed by atoms with van der Waals surface area (Å²) in [5.41, 5.74) is 9.55. The molecule has 3 unspecified atom stereocenters. The van der Waals surface area contributed by atoms with Crippen LogP contribution >= 0.6 is 35.2 Å². The molecule has 2 aromatic rings. The zero-order valence-corrected chi connectivity index (χ0v) is 33.9. The van der Waals surface area contributed by atoms with Crippen LogP contribution in [0.15, 0.2) is 12.7 Å². The molecule has 1 aliphatic rings. The van der Waals surface area contributed by atoms with E-state index in [9.17, 15) is 62.7 Å². The number of phosphoric acid groups is 3. The van der Waals surface area contributed by atoms with Crippen molar-refractivity contribution in [1.29, 1.82) is 0 Å². The van der Waals surface area contributed by atoms with Gasteiger partial charge in [-0.1, -0.05) is 25.6 Å². The normalized spacial score (nSPS) is 21.4. The number of nitrogen functional groups attached to an aromatic ring is 1. The molecule has 322 valence electrons. The quantitative estimate of drug-likeness (QED) is 0.0321. The van der Waals surface area contributed by atoms with E-state index >= 15 is 0 Å². The average molecular weight is 895 g/mol. The Morgan fingerprint density at radius 2 is 1.72 bits per heavy atom. The van der Waals surface area contributed by atoms with E-state index in [2.05, 4.69) is 34.4 Å². The molecule has 0 aliphatic carbocycles. The Morgan fingerprint density at radius 1 is 1.04 bits per heavy atom. The van der Waals surface area contributed by atoms with Crippen LogP contribution in [0.5, 0.6) is 0 Å². The second-order valence-corrected chi connectivity index (χ2v) is 18.3. The molecule has 1 fully saturated rings. The Bertz CT molecular complexity index is 1880. The summed E-state index contributed by atoms with van der Waals surface area (Å²) >= 11 is 0.880. The maximum atomic E-state index is 12.7. The van der Waals surface area contributed by atoms with Crippen molar-refractivity contribution in [1.82, 2.24) is 30.2 Å². The highest BCUT2D eigenvalue weighted by Gasteiger charge is 2.50. The van der Waals surface area contributed by atoms with Crippen molar-refractivity contribution in [3.05, 3.63) is 12.7 Å². The minimum absolute atomic E-state index is 0.0225. The Labute approximate surface area is 328 Å². The topological polar surface area (TPSA) is 407 Å². The summed E-state index contributed by atoms with van der Waals surface area (Å²) in [7, 11) is -16.4. The highest BCUT2D eigenvalue weighted by atomic mass is 32.2. The van der Waals surface area contributed by atoms with Gasteiger partial charge in [0.25, 0.3) is 0 Å². The number of carbonyl (C=O) groups excluding carboxylic acids is 4. The van der Waals surface area contributed by atoms with Crippen molar-refractivity contribution in [2.45, 2.75) is 70.2 Å². The monoisotopic (exact) mass is 894 g/mol. The maximum Gasteiger partial charge on any atom is 0.481 e. The fraction of sp³-hybridized carbons (Fsp3) is 0.667. The minimum Gasteiger partial charge on any atom is -0.386 e. The van der Waals surface area contributed by atoms with Crippen LogP contribution in [0.2, 0.25) is 0 Å². The van der Waals surface area contributed by atoms with Crippen LogP contribution in [0.25, 0.3) is 11.2 Å². The number of anilines is 1. The van der Waals surface area contributed by atoms with Gasteiger partial charge in [0, 0.05) is 37.1 Å². The highest BCUT2D eigenvalue weighted by Crippen LogP contribution is 2.61. The number of imidazole rings is 1. The Balaban J connectivity index is 1.47. The predicted molar refractivity (Wildman–Crippen MR) is 195 cm³/mol. The van der Waals surface area contributed by atoms with E-state index < -0.39 is 84.6 Å². The first-order valence-electron chi connectivity index (χ1n) is 16.7. The smallest absolute Gasteiger partial charge is 0.386 e. The van der Waals surface area contributed by atoms with Gasteiger partial charge < -0.3 is 56.6 Å². The summed E-state index contributed by atoms with van der Waals surface area (Å²) in [6.07, 6.45) is -6.59. The number of aliphatic hydroxyl groups excluding tert-OH is 2. The number of nitrogens with zero attached hydrogens (tertiary/aromatic N) is 4. The summed E-state index contributed by atoms with van der Waals surface area (Å²) in [6, 6.07) is 0. The molecule has 3 heterocycles. The summed E-state index contributed by atoms with van der Waals surface area (Å²) in [6.45, 7) is 0.608. The molecule has 3 rings (SSSR count). The highest BCUT2D eigenvalue weighted by molar-refractivity contribution is 8.13. The van der Waals surface area contributed by atoms with E-state index in [1.165, 1.54) is 13.8 Å². The molecule has 0 radical (unpaired) electrons. The molecule has 2 amide bonds. The SMILES string of the molecule is CC(C)(COP(=O)(O)OP(=O)(O)OC[C@H]1O[C@@H](n2cnc3c(N)ncnc32)[C@H](O)[C@@H]1OP(=O)(O)O)C(O)C(=O)NCCC(=O)NCCSC(=O)CC(=O)CCCN. The van der Waals surface area contributed by atoms with E-state index in [4.69, 9.17) is 25.3 Å². The second kappa shape index (κ2) is 20.9. The van der Waals surface area contributed by atoms with E-state index in [0.717, 1.165) is 29.0 Å². The van der Waals surface area contributed by atoms with Crippen LogP contribution in [-0.2, 0) is 55.5 Å². The van der Waals surface area contributed by atoms with Gasteiger partial charge in [-0.3, -0.25) is 37.3 Å². The van der Waals surface area contributed by atoms with E-state index in [1.54, 1.807) is 0 Å². The fourth-order valence-electron chi connectivity index (χ4n) is 4.89. The van der Waals surface area contributed by atoms with Gasteiger partial charge in [-0.2, -0.15) is 4.31 Å². The first-order chi connectivity index (χ1) is 26.4. The van der Waals surface area contributed by atoms with Crippen LogP contribution < -0.4 is 22.1 Å². The van der Waals surface area contributed by atoms with Crippen LogP contribution in [0.3, 0.4) is 0 Å². The lowest BCUT2D eigenvalue weighted by molar-refractivity contribution is -0.137. The molecule has 2 aromatic heterocycles. The number of ether oxygens (including phenoxy) is 1. The molecule has 0 saturated carbocycles. The van der Waals surface area contributed by atoms with Gasteiger partial charge in [0.1, 0.15) is 42.0 Å². The molecule has 7 atom stereocenters. The van der Waals surface area contributed by atoms with Gasteiger partial charge in [0.05, 0.1) is 26.0 Å². The number of amides is 2. The number of hydrogen-bond acceptors (Lipinski definition) is 20. The van der Waals surface area contributed by atoms with Crippen molar-refractivity contribution in [2.75, 3.05) is 44.3 Å². The summed E-state index contributed by atoms with van der Waals surface area (Å²) in [5.74, 6) is -1.58. The molecule has 57 heavy (non-hydrogen) atoms. The largest absolute Gasteiger partial charge is 0.481 e. The molecule has 0 aromatic carbocycles. The number of fused-ring (bicyclic) bond motifs is 1. The lowest BCUT2D eigenvalue weighted by atomic mass is 9.87. The van der Waals surface area contributed by atoms with Crippen molar-refractivity contribution in [3.8, 4) is 0 Å². The summed E-state index contributed by atoms with van der Waals surface area (Å²) in [5, 5.41) is 25.9. The number of phosphoric ester groups is 3. The van der Waals surface area contributed by atoms with Crippen LogP contribution in [0, 0.1) is 5.41 Å². The molecular weight excluding hydrogens is 849 g/mol. The van der Waals surface area contributed by atoms with Gasteiger partial charge in [-0.05, 0) is 13.0 Å². The molecule has 1 aliphatic heterocycles. The third-order valence-electron chi connectivity index (χ3n) is 7.77. The molecule has 0 bridgehead atoms. The second-order valence-electron chi connectivity index (χ2n) is 12.9. The number of rotatable bonds is 24.